The van der Waals surface area contributed by atoms with Crippen molar-refractivity contribution in [3.63, 3.8) is 0 Å². The monoisotopic (exact) mass is 496 g/mol. The quantitative estimate of drug-likeness (QED) is 0.322. The van der Waals surface area contributed by atoms with Gasteiger partial charge in [-0.15, -0.1) is 0 Å². The van der Waals surface area contributed by atoms with Crippen LogP contribution in [0.1, 0.15) is 24.1 Å². The molecule has 2 aromatic carbocycles. The van der Waals surface area contributed by atoms with Crippen LogP contribution in [0, 0.1) is 0 Å². The van der Waals surface area contributed by atoms with Gasteiger partial charge in [0.2, 0.25) is 0 Å². The number of likely N-dealkylation sites (tertiary alicyclic amines) is 1. The Kier molecular flexibility index (Phi) is 8.12. The fraction of sp³-hybridized carbons (Fsp3) is 0.407. The molecule has 1 atom stereocenters. The van der Waals surface area contributed by atoms with Gasteiger partial charge < -0.3 is 29.0 Å². The summed E-state index contributed by atoms with van der Waals surface area (Å²) in [5.74, 6) is 0.0640. The number of aliphatic hydroxyl groups is 1. The molecular formula is C27H32N2O7. The lowest BCUT2D eigenvalue weighted by Gasteiger charge is -2.31. The Morgan fingerprint density at radius 2 is 1.72 bits per heavy atom. The average Bonchev–Trinajstić information content (AvgIpc) is 3.17. The number of amides is 1. The van der Waals surface area contributed by atoms with Crippen molar-refractivity contribution in [2.45, 2.75) is 13.0 Å². The van der Waals surface area contributed by atoms with Gasteiger partial charge in [-0.3, -0.25) is 14.5 Å². The number of carbonyl (C=O) groups excluding carboxylic acids is 2. The zero-order valence-electron chi connectivity index (χ0n) is 20.9. The van der Waals surface area contributed by atoms with Crippen LogP contribution in [0.25, 0.3) is 5.76 Å². The Balaban J connectivity index is 1.76. The van der Waals surface area contributed by atoms with Crippen molar-refractivity contribution in [1.82, 2.24) is 9.80 Å². The fourth-order valence-electron chi connectivity index (χ4n) is 4.56. The van der Waals surface area contributed by atoms with Gasteiger partial charge in [0.05, 0.1) is 45.7 Å². The van der Waals surface area contributed by atoms with Crippen molar-refractivity contribution >= 4 is 17.4 Å². The third-order valence-corrected chi connectivity index (χ3v) is 6.47. The standard InChI is InChI=1S/C27H32N2O7/c1-4-36-21-10-7-19(17-22(21)34-3)24-23(25(30)18-5-8-20(33-2)9-6-18)26(31)27(32)29(24)12-11-28-13-15-35-16-14-28/h5-10,17,24,30H,4,11-16H2,1-3H3/t24-/m1/s1. The lowest BCUT2D eigenvalue weighted by molar-refractivity contribution is -0.140. The normalized spacial score (nSPS) is 20.0. The van der Waals surface area contributed by atoms with Crippen molar-refractivity contribution in [2.24, 2.45) is 0 Å². The smallest absolute Gasteiger partial charge is 0.295 e. The molecule has 2 aliphatic rings. The van der Waals surface area contributed by atoms with Crippen LogP contribution < -0.4 is 14.2 Å². The Morgan fingerprint density at radius 1 is 1.00 bits per heavy atom. The summed E-state index contributed by atoms with van der Waals surface area (Å²) in [6.07, 6.45) is 0. The first-order valence-corrected chi connectivity index (χ1v) is 12.0. The SMILES string of the molecule is CCOc1ccc([C@@H]2C(=C(O)c3ccc(OC)cc3)C(=O)C(=O)N2CCN2CCOCC2)cc1OC. The van der Waals surface area contributed by atoms with Gasteiger partial charge in [0.25, 0.3) is 11.7 Å². The summed E-state index contributed by atoms with van der Waals surface area (Å²) in [7, 11) is 3.09. The second-order valence-corrected chi connectivity index (χ2v) is 8.52. The maximum absolute atomic E-state index is 13.3. The van der Waals surface area contributed by atoms with Crippen LogP contribution in [0.4, 0.5) is 0 Å². The Morgan fingerprint density at radius 3 is 2.36 bits per heavy atom. The summed E-state index contributed by atoms with van der Waals surface area (Å²) in [5, 5.41) is 11.3. The summed E-state index contributed by atoms with van der Waals surface area (Å²) in [6, 6.07) is 11.2. The molecule has 0 spiro atoms. The molecule has 192 valence electrons. The second kappa shape index (κ2) is 11.5. The van der Waals surface area contributed by atoms with E-state index in [0.717, 1.165) is 13.1 Å². The van der Waals surface area contributed by atoms with Gasteiger partial charge in [0.15, 0.2) is 11.5 Å². The number of nitrogens with zero attached hydrogens (tertiary/aromatic N) is 2. The molecule has 2 fully saturated rings. The molecule has 2 saturated heterocycles. The van der Waals surface area contributed by atoms with Crippen molar-refractivity contribution in [3.05, 3.63) is 59.2 Å². The molecule has 4 rings (SSSR count). The van der Waals surface area contributed by atoms with Crippen LogP contribution in [0.15, 0.2) is 48.0 Å². The number of ether oxygens (including phenoxy) is 4. The molecule has 0 bridgehead atoms. The summed E-state index contributed by atoms with van der Waals surface area (Å²) in [6.45, 7) is 6.04. The van der Waals surface area contributed by atoms with Crippen molar-refractivity contribution in [2.75, 3.05) is 60.2 Å². The molecule has 0 aromatic heterocycles. The lowest BCUT2D eigenvalue weighted by atomic mass is 9.95. The highest BCUT2D eigenvalue weighted by Crippen LogP contribution is 2.42. The number of ketones is 1. The Labute approximate surface area is 210 Å². The third-order valence-electron chi connectivity index (χ3n) is 6.47. The van der Waals surface area contributed by atoms with E-state index in [2.05, 4.69) is 4.90 Å². The van der Waals surface area contributed by atoms with E-state index >= 15 is 0 Å². The zero-order valence-corrected chi connectivity index (χ0v) is 20.9. The lowest BCUT2D eigenvalue weighted by Crippen LogP contribution is -2.42. The largest absolute Gasteiger partial charge is 0.507 e. The van der Waals surface area contributed by atoms with E-state index < -0.39 is 17.7 Å². The molecule has 36 heavy (non-hydrogen) atoms. The molecule has 2 heterocycles. The Bertz CT molecular complexity index is 1120. The number of hydrogen-bond acceptors (Lipinski definition) is 8. The predicted molar refractivity (Wildman–Crippen MR) is 133 cm³/mol. The third kappa shape index (κ3) is 5.17. The summed E-state index contributed by atoms with van der Waals surface area (Å²) in [5.41, 5.74) is 1.11. The fourth-order valence-corrected chi connectivity index (χ4v) is 4.56. The van der Waals surface area contributed by atoms with E-state index in [1.54, 1.807) is 49.6 Å². The number of morpholine rings is 1. The number of methoxy groups -OCH3 is 2. The van der Waals surface area contributed by atoms with E-state index in [1.165, 1.54) is 12.0 Å². The average molecular weight is 497 g/mol. The molecule has 9 nitrogen and oxygen atoms in total. The number of carbonyl (C=O) groups is 2. The minimum atomic E-state index is -0.780. The summed E-state index contributed by atoms with van der Waals surface area (Å²) >= 11 is 0. The molecule has 1 N–H and O–H groups in total. The van der Waals surface area contributed by atoms with E-state index in [4.69, 9.17) is 18.9 Å². The highest BCUT2D eigenvalue weighted by atomic mass is 16.5. The van der Waals surface area contributed by atoms with Crippen molar-refractivity contribution < 1.29 is 33.6 Å². The van der Waals surface area contributed by atoms with Crippen LogP contribution in [-0.2, 0) is 14.3 Å². The van der Waals surface area contributed by atoms with E-state index in [1.807, 2.05) is 6.92 Å². The highest BCUT2D eigenvalue weighted by molar-refractivity contribution is 6.46. The van der Waals surface area contributed by atoms with Crippen LogP contribution in [0.5, 0.6) is 17.2 Å². The number of benzene rings is 2. The van der Waals surface area contributed by atoms with Gasteiger partial charge in [-0.2, -0.15) is 0 Å². The highest BCUT2D eigenvalue weighted by Gasteiger charge is 2.46. The molecular weight excluding hydrogens is 464 g/mol. The number of Topliss-reactive ketones (excluding diaryl/α,β-unsaturated/α-hetero) is 1. The van der Waals surface area contributed by atoms with Crippen LogP contribution in [-0.4, -0.2) is 86.8 Å². The second-order valence-electron chi connectivity index (χ2n) is 8.52. The molecule has 0 radical (unpaired) electrons. The maximum atomic E-state index is 13.3. The molecule has 2 aromatic rings. The van der Waals surface area contributed by atoms with E-state index in [-0.39, 0.29) is 11.3 Å². The van der Waals surface area contributed by atoms with Crippen LogP contribution in [0.3, 0.4) is 0 Å². The minimum absolute atomic E-state index is 0.0401. The molecule has 1 amide bonds. The van der Waals surface area contributed by atoms with Gasteiger partial charge in [-0.25, -0.2) is 0 Å². The molecule has 0 unspecified atom stereocenters. The summed E-state index contributed by atoms with van der Waals surface area (Å²) < 4.78 is 21.8. The number of rotatable bonds is 9. The predicted octanol–water partition coefficient (Wildman–Crippen LogP) is 2.86. The van der Waals surface area contributed by atoms with E-state index in [0.29, 0.717) is 61.3 Å². The van der Waals surface area contributed by atoms with Gasteiger partial charge in [-0.1, -0.05) is 6.07 Å². The number of aliphatic hydroxyl groups excluding tert-OH is 1. The first-order chi connectivity index (χ1) is 17.5. The molecule has 9 heteroatoms. The number of hydrogen-bond donors (Lipinski definition) is 1. The molecule has 0 saturated carbocycles. The van der Waals surface area contributed by atoms with Crippen LogP contribution in [0.2, 0.25) is 0 Å². The Hall–Kier alpha value is -3.56. The van der Waals surface area contributed by atoms with E-state index in [9.17, 15) is 14.7 Å². The summed E-state index contributed by atoms with van der Waals surface area (Å²) in [4.78, 5) is 30.3. The first-order valence-electron chi connectivity index (χ1n) is 12.0. The minimum Gasteiger partial charge on any atom is -0.507 e. The van der Waals surface area contributed by atoms with Crippen molar-refractivity contribution in [1.29, 1.82) is 0 Å². The zero-order chi connectivity index (χ0) is 25.7. The molecule has 0 aliphatic carbocycles. The topological polar surface area (TPSA) is 97.8 Å². The van der Waals surface area contributed by atoms with Gasteiger partial charge >= 0.3 is 0 Å². The van der Waals surface area contributed by atoms with Crippen molar-refractivity contribution in [3.8, 4) is 17.2 Å². The first kappa shape index (κ1) is 25.5. The van der Waals surface area contributed by atoms with Crippen LogP contribution >= 0.6 is 0 Å². The van der Waals surface area contributed by atoms with Gasteiger partial charge in [-0.05, 0) is 48.9 Å². The van der Waals surface area contributed by atoms with Gasteiger partial charge in [0.1, 0.15) is 11.5 Å². The maximum Gasteiger partial charge on any atom is 0.295 e. The molecule has 2 aliphatic heterocycles. The van der Waals surface area contributed by atoms with Gasteiger partial charge in [0, 0.05) is 31.7 Å².